The molecule has 1 unspecified atom stereocenters. The number of sulfonamides is 1. The summed E-state index contributed by atoms with van der Waals surface area (Å²) in [7, 11) is -3.57. The molecule has 0 bridgehead atoms. The van der Waals surface area contributed by atoms with Gasteiger partial charge < -0.3 is 5.11 Å². The van der Waals surface area contributed by atoms with Gasteiger partial charge in [0.1, 0.15) is 0 Å². The maximum atomic E-state index is 12.2. The smallest absolute Gasteiger partial charge is 0.241 e. The number of hydrogen-bond donors (Lipinski definition) is 2. The van der Waals surface area contributed by atoms with E-state index in [1.165, 1.54) is 6.07 Å². The van der Waals surface area contributed by atoms with Crippen LogP contribution in [0.25, 0.3) is 0 Å². The number of rotatable bonds is 6. The summed E-state index contributed by atoms with van der Waals surface area (Å²) in [4.78, 5) is 0.196. The number of halogens is 2. The normalized spacial score (nSPS) is 13.6. The zero-order chi connectivity index (χ0) is 13.8. The molecule has 0 saturated heterocycles. The van der Waals surface area contributed by atoms with E-state index in [4.69, 9.17) is 5.11 Å². The molecule has 1 aromatic carbocycles. The van der Waals surface area contributed by atoms with Crippen molar-refractivity contribution in [2.24, 2.45) is 0 Å². The number of nitrogens with one attached hydrogen (secondary N) is 1. The van der Waals surface area contributed by atoms with E-state index in [0.29, 0.717) is 17.3 Å². The van der Waals surface area contributed by atoms with Crippen LogP contribution in [0.15, 0.2) is 32.0 Å². The van der Waals surface area contributed by atoms with Crippen molar-refractivity contribution >= 4 is 41.9 Å². The number of hydrogen-bond acceptors (Lipinski definition) is 3. The second kappa shape index (κ2) is 7.00. The lowest BCUT2D eigenvalue weighted by Crippen LogP contribution is -2.35. The van der Waals surface area contributed by atoms with E-state index in [1.807, 2.05) is 6.92 Å². The number of benzene rings is 1. The minimum atomic E-state index is -3.57. The van der Waals surface area contributed by atoms with Gasteiger partial charge in [-0.2, -0.15) is 0 Å². The van der Waals surface area contributed by atoms with E-state index in [2.05, 4.69) is 36.6 Å². The summed E-state index contributed by atoms with van der Waals surface area (Å²) in [5.74, 6) is 0. The molecule has 18 heavy (non-hydrogen) atoms. The Labute approximate surface area is 124 Å². The largest absolute Gasteiger partial charge is 0.396 e. The third-order valence-corrected chi connectivity index (χ3v) is 5.47. The highest BCUT2D eigenvalue weighted by molar-refractivity contribution is 9.11. The predicted octanol–water partition coefficient (Wildman–Crippen LogP) is 2.65. The van der Waals surface area contributed by atoms with Gasteiger partial charge in [-0.25, -0.2) is 13.1 Å². The molecule has 0 aliphatic carbocycles. The molecule has 0 aliphatic heterocycles. The zero-order valence-electron chi connectivity index (χ0n) is 9.86. The van der Waals surface area contributed by atoms with E-state index < -0.39 is 10.0 Å². The van der Waals surface area contributed by atoms with Gasteiger partial charge in [0.05, 0.1) is 4.90 Å². The number of aliphatic hydroxyl groups excluding tert-OH is 1. The Kier molecular flexibility index (Phi) is 6.26. The minimum Gasteiger partial charge on any atom is -0.396 e. The van der Waals surface area contributed by atoms with E-state index in [-0.39, 0.29) is 17.5 Å². The maximum absolute atomic E-state index is 12.2. The molecular weight excluding hydrogens is 386 g/mol. The van der Waals surface area contributed by atoms with Crippen LogP contribution in [-0.4, -0.2) is 26.2 Å². The van der Waals surface area contributed by atoms with Gasteiger partial charge in [0.25, 0.3) is 0 Å². The molecule has 0 amide bonds. The fourth-order valence-corrected chi connectivity index (χ4v) is 4.58. The summed E-state index contributed by atoms with van der Waals surface area (Å²) < 4.78 is 28.2. The fraction of sp³-hybridized carbons (Fsp3) is 0.455. The van der Waals surface area contributed by atoms with Gasteiger partial charge in [-0.1, -0.05) is 22.9 Å². The lowest BCUT2D eigenvalue weighted by molar-refractivity contribution is 0.270. The zero-order valence-corrected chi connectivity index (χ0v) is 13.8. The average molecular weight is 401 g/mol. The maximum Gasteiger partial charge on any atom is 0.241 e. The molecule has 0 aliphatic rings. The Bertz CT molecular complexity index is 505. The first-order valence-electron chi connectivity index (χ1n) is 5.49. The van der Waals surface area contributed by atoms with E-state index in [9.17, 15) is 8.42 Å². The minimum absolute atomic E-state index is 0.0392. The molecule has 1 rings (SSSR count). The molecule has 7 heteroatoms. The van der Waals surface area contributed by atoms with Gasteiger partial charge in [0.15, 0.2) is 0 Å². The van der Waals surface area contributed by atoms with Crippen LogP contribution >= 0.6 is 31.9 Å². The summed E-state index contributed by atoms with van der Waals surface area (Å²) in [5, 5.41) is 8.88. The quantitative estimate of drug-likeness (QED) is 0.771. The fourth-order valence-electron chi connectivity index (χ4n) is 1.48. The monoisotopic (exact) mass is 399 g/mol. The van der Waals surface area contributed by atoms with Crippen molar-refractivity contribution in [3.05, 3.63) is 27.1 Å². The highest BCUT2D eigenvalue weighted by atomic mass is 79.9. The van der Waals surface area contributed by atoms with Crippen molar-refractivity contribution in [3.8, 4) is 0 Å². The second-order valence-corrected chi connectivity index (χ2v) is 7.27. The molecule has 1 aromatic rings. The van der Waals surface area contributed by atoms with Crippen molar-refractivity contribution in [2.75, 3.05) is 6.61 Å². The van der Waals surface area contributed by atoms with E-state index >= 15 is 0 Å². The highest BCUT2D eigenvalue weighted by Gasteiger charge is 2.21. The summed E-state index contributed by atoms with van der Waals surface area (Å²) >= 11 is 6.51. The Morgan fingerprint density at radius 2 is 2.06 bits per heavy atom. The number of aliphatic hydroxyl groups is 1. The molecular formula is C11H15Br2NO3S. The van der Waals surface area contributed by atoms with Crippen LogP contribution in [0.3, 0.4) is 0 Å². The van der Waals surface area contributed by atoms with Crippen LogP contribution in [0.2, 0.25) is 0 Å². The van der Waals surface area contributed by atoms with Crippen molar-refractivity contribution in [2.45, 2.75) is 30.7 Å². The first-order valence-corrected chi connectivity index (χ1v) is 8.56. The average Bonchev–Trinajstić information content (AvgIpc) is 2.27. The SMILES string of the molecule is CCC(CCO)NS(=O)(=O)c1ccc(Br)cc1Br. The Morgan fingerprint density at radius 3 is 2.56 bits per heavy atom. The van der Waals surface area contributed by atoms with Crippen LogP contribution in [0.5, 0.6) is 0 Å². The predicted molar refractivity (Wildman–Crippen MR) is 77.9 cm³/mol. The van der Waals surface area contributed by atoms with Gasteiger partial charge in [0.2, 0.25) is 10.0 Å². The summed E-state index contributed by atoms with van der Waals surface area (Å²) in [6, 6.07) is 4.63. The lowest BCUT2D eigenvalue weighted by Gasteiger charge is -2.16. The van der Waals surface area contributed by atoms with E-state index in [0.717, 1.165) is 4.47 Å². The Hall–Kier alpha value is 0.0500. The molecule has 102 valence electrons. The lowest BCUT2D eigenvalue weighted by atomic mass is 10.2. The van der Waals surface area contributed by atoms with Crippen molar-refractivity contribution in [1.82, 2.24) is 4.72 Å². The molecule has 1 atom stereocenters. The summed E-state index contributed by atoms with van der Waals surface area (Å²) in [5.41, 5.74) is 0. The van der Waals surface area contributed by atoms with Crippen LogP contribution in [0.1, 0.15) is 19.8 Å². The van der Waals surface area contributed by atoms with Gasteiger partial charge in [-0.3, -0.25) is 0 Å². The van der Waals surface area contributed by atoms with Crippen LogP contribution < -0.4 is 4.72 Å². The summed E-state index contributed by atoms with van der Waals surface area (Å²) in [6.45, 7) is 1.84. The summed E-state index contributed by atoms with van der Waals surface area (Å²) in [6.07, 6.45) is 1.04. The van der Waals surface area contributed by atoms with Crippen LogP contribution in [0.4, 0.5) is 0 Å². The van der Waals surface area contributed by atoms with E-state index in [1.54, 1.807) is 12.1 Å². The Morgan fingerprint density at radius 1 is 1.39 bits per heavy atom. The second-order valence-electron chi connectivity index (χ2n) is 3.81. The highest BCUT2D eigenvalue weighted by Crippen LogP contribution is 2.26. The van der Waals surface area contributed by atoms with Crippen molar-refractivity contribution in [3.63, 3.8) is 0 Å². The topological polar surface area (TPSA) is 66.4 Å². The third kappa shape index (κ3) is 4.31. The molecule has 0 saturated carbocycles. The molecule has 0 fully saturated rings. The van der Waals surface area contributed by atoms with Crippen LogP contribution in [0, 0.1) is 0 Å². The van der Waals surface area contributed by atoms with Crippen molar-refractivity contribution in [1.29, 1.82) is 0 Å². The van der Waals surface area contributed by atoms with Gasteiger partial charge in [0, 0.05) is 21.6 Å². The van der Waals surface area contributed by atoms with Gasteiger partial charge in [-0.15, -0.1) is 0 Å². The first kappa shape index (κ1) is 16.1. The van der Waals surface area contributed by atoms with Gasteiger partial charge in [-0.05, 0) is 47.0 Å². The molecule has 2 N–H and O–H groups in total. The molecule has 0 heterocycles. The molecule has 4 nitrogen and oxygen atoms in total. The Balaban J connectivity index is 2.99. The molecule has 0 spiro atoms. The first-order chi connectivity index (χ1) is 8.40. The molecule has 0 aromatic heterocycles. The third-order valence-electron chi connectivity index (χ3n) is 2.48. The standard InChI is InChI=1S/C11H15Br2NO3S/c1-2-9(5-6-15)14-18(16,17)11-4-3-8(12)7-10(11)13/h3-4,7,9,14-15H,2,5-6H2,1H3. The molecule has 0 radical (unpaired) electrons. The van der Waals surface area contributed by atoms with Crippen LogP contribution in [-0.2, 0) is 10.0 Å². The van der Waals surface area contributed by atoms with Gasteiger partial charge >= 0.3 is 0 Å². The van der Waals surface area contributed by atoms with Crippen molar-refractivity contribution < 1.29 is 13.5 Å².